The molecule has 1 aliphatic heterocycles. The molecule has 24 heavy (non-hydrogen) atoms. The van der Waals surface area contributed by atoms with E-state index in [1.807, 2.05) is 0 Å². The molecule has 0 bridgehead atoms. The first-order chi connectivity index (χ1) is 11.7. The fraction of sp³-hybridized carbons (Fsp3) is 0.700. The SMILES string of the molecule is C[C@H]1CCC[C@H]1OC[C@H](O)CN1CCN(Cc2ccccc2)CC1. The Morgan fingerprint density at radius 1 is 1.08 bits per heavy atom. The van der Waals surface area contributed by atoms with E-state index in [1.54, 1.807) is 0 Å². The van der Waals surface area contributed by atoms with Gasteiger partial charge in [0.05, 0.1) is 18.8 Å². The van der Waals surface area contributed by atoms with E-state index in [2.05, 4.69) is 47.1 Å². The highest BCUT2D eigenvalue weighted by Gasteiger charge is 2.25. The van der Waals surface area contributed by atoms with Gasteiger partial charge in [-0.1, -0.05) is 43.7 Å². The summed E-state index contributed by atoms with van der Waals surface area (Å²) in [5.41, 5.74) is 1.38. The average Bonchev–Trinajstić information content (AvgIpc) is 3.01. The van der Waals surface area contributed by atoms with Crippen molar-refractivity contribution in [3.05, 3.63) is 35.9 Å². The summed E-state index contributed by atoms with van der Waals surface area (Å²) in [7, 11) is 0. The molecule has 1 saturated heterocycles. The number of rotatable bonds is 7. The van der Waals surface area contributed by atoms with E-state index < -0.39 is 0 Å². The third kappa shape index (κ3) is 5.28. The van der Waals surface area contributed by atoms with Crippen molar-refractivity contribution >= 4 is 0 Å². The third-order valence-corrected chi connectivity index (χ3v) is 5.47. The van der Waals surface area contributed by atoms with Crippen molar-refractivity contribution in [3.63, 3.8) is 0 Å². The molecular weight excluding hydrogens is 300 g/mol. The second-order valence-corrected chi connectivity index (χ2v) is 7.50. The van der Waals surface area contributed by atoms with Crippen LogP contribution in [-0.2, 0) is 11.3 Å². The number of benzene rings is 1. The molecule has 134 valence electrons. The topological polar surface area (TPSA) is 35.9 Å². The largest absolute Gasteiger partial charge is 0.389 e. The quantitative estimate of drug-likeness (QED) is 0.832. The standard InChI is InChI=1S/C20H32N2O2/c1-17-6-5-9-20(17)24-16-19(23)15-22-12-10-21(11-13-22)14-18-7-3-2-4-8-18/h2-4,7-8,17,19-20,23H,5-6,9-16H2,1H3/t17-,19+,20+/m0/s1. The van der Waals surface area contributed by atoms with E-state index in [4.69, 9.17) is 4.74 Å². The van der Waals surface area contributed by atoms with Crippen LogP contribution in [0.25, 0.3) is 0 Å². The summed E-state index contributed by atoms with van der Waals surface area (Å²) in [4.78, 5) is 4.86. The van der Waals surface area contributed by atoms with Gasteiger partial charge in [-0.25, -0.2) is 0 Å². The molecule has 1 aromatic carbocycles. The van der Waals surface area contributed by atoms with Crippen molar-refractivity contribution in [2.24, 2.45) is 5.92 Å². The zero-order valence-corrected chi connectivity index (χ0v) is 14.9. The van der Waals surface area contributed by atoms with Crippen molar-refractivity contribution in [2.75, 3.05) is 39.3 Å². The minimum absolute atomic E-state index is 0.363. The molecular formula is C20H32N2O2. The number of hydrogen-bond acceptors (Lipinski definition) is 4. The molecule has 1 saturated carbocycles. The monoisotopic (exact) mass is 332 g/mol. The van der Waals surface area contributed by atoms with Crippen LogP contribution in [0.1, 0.15) is 31.7 Å². The van der Waals surface area contributed by atoms with Gasteiger partial charge in [0, 0.05) is 39.3 Å². The average molecular weight is 332 g/mol. The van der Waals surface area contributed by atoms with Gasteiger partial charge in [-0.15, -0.1) is 0 Å². The first-order valence-electron chi connectivity index (χ1n) is 9.49. The number of piperazine rings is 1. The van der Waals surface area contributed by atoms with Gasteiger partial charge in [0.2, 0.25) is 0 Å². The number of nitrogens with zero attached hydrogens (tertiary/aromatic N) is 2. The van der Waals surface area contributed by atoms with Gasteiger partial charge in [-0.2, -0.15) is 0 Å². The maximum Gasteiger partial charge on any atom is 0.0900 e. The molecule has 0 unspecified atom stereocenters. The number of ether oxygens (including phenoxy) is 1. The minimum Gasteiger partial charge on any atom is -0.389 e. The van der Waals surface area contributed by atoms with E-state index >= 15 is 0 Å². The van der Waals surface area contributed by atoms with Gasteiger partial charge in [-0.05, 0) is 24.3 Å². The maximum atomic E-state index is 10.3. The van der Waals surface area contributed by atoms with Crippen LogP contribution in [0, 0.1) is 5.92 Å². The molecule has 0 amide bonds. The zero-order chi connectivity index (χ0) is 16.8. The lowest BCUT2D eigenvalue weighted by Crippen LogP contribution is -2.48. The van der Waals surface area contributed by atoms with Crippen molar-refractivity contribution in [1.29, 1.82) is 0 Å². The predicted molar refractivity (Wildman–Crippen MR) is 96.9 cm³/mol. The van der Waals surface area contributed by atoms with E-state index in [1.165, 1.54) is 18.4 Å². The van der Waals surface area contributed by atoms with Crippen molar-refractivity contribution in [1.82, 2.24) is 9.80 Å². The smallest absolute Gasteiger partial charge is 0.0900 e. The van der Waals surface area contributed by atoms with Crippen LogP contribution in [0.4, 0.5) is 0 Å². The molecule has 2 aliphatic rings. The summed E-state index contributed by atoms with van der Waals surface area (Å²) in [5.74, 6) is 0.652. The van der Waals surface area contributed by atoms with E-state index in [0.717, 1.165) is 45.7 Å². The summed E-state index contributed by atoms with van der Waals surface area (Å²) in [6.45, 7) is 8.72. The van der Waals surface area contributed by atoms with E-state index in [0.29, 0.717) is 18.6 Å². The highest BCUT2D eigenvalue weighted by molar-refractivity contribution is 5.14. The Hall–Kier alpha value is -0.940. The molecule has 3 atom stereocenters. The zero-order valence-electron chi connectivity index (χ0n) is 14.9. The van der Waals surface area contributed by atoms with Gasteiger partial charge < -0.3 is 9.84 Å². The summed E-state index contributed by atoms with van der Waals surface area (Å²) in [5, 5.41) is 10.3. The second kappa shape index (κ2) is 8.95. The molecule has 2 fully saturated rings. The number of aliphatic hydroxyl groups is 1. The number of β-amino-alcohol motifs (C(OH)–C–C–N with tert-alkyl or cyclic N) is 1. The second-order valence-electron chi connectivity index (χ2n) is 7.50. The number of aliphatic hydroxyl groups excluding tert-OH is 1. The Morgan fingerprint density at radius 3 is 2.46 bits per heavy atom. The highest BCUT2D eigenvalue weighted by Crippen LogP contribution is 2.27. The van der Waals surface area contributed by atoms with Gasteiger partial charge in [-0.3, -0.25) is 9.80 Å². The predicted octanol–water partition coefficient (Wildman–Crippen LogP) is 2.37. The van der Waals surface area contributed by atoms with Gasteiger partial charge >= 0.3 is 0 Å². The fourth-order valence-corrected chi connectivity index (χ4v) is 3.92. The molecule has 0 radical (unpaired) electrons. The highest BCUT2D eigenvalue weighted by atomic mass is 16.5. The number of hydrogen-bond donors (Lipinski definition) is 1. The molecule has 3 rings (SSSR count). The Morgan fingerprint density at radius 2 is 1.79 bits per heavy atom. The van der Waals surface area contributed by atoms with Crippen LogP contribution in [0.5, 0.6) is 0 Å². The normalized spacial score (nSPS) is 27.4. The molecule has 1 aromatic rings. The lowest BCUT2D eigenvalue weighted by atomic mass is 10.1. The Balaban J connectivity index is 1.33. The lowest BCUT2D eigenvalue weighted by Gasteiger charge is -2.35. The first-order valence-corrected chi connectivity index (χ1v) is 9.49. The lowest BCUT2D eigenvalue weighted by molar-refractivity contribution is -0.0358. The van der Waals surface area contributed by atoms with E-state index in [-0.39, 0.29) is 6.10 Å². The maximum absolute atomic E-state index is 10.3. The molecule has 0 spiro atoms. The van der Waals surface area contributed by atoms with Gasteiger partial charge in [0.25, 0.3) is 0 Å². The van der Waals surface area contributed by atoms with E-state index in [9.17, 15) is 5.11 Å². The molecule has 0 aromatic heterocycles. The first kappa shape index (κ1) is 17.9. The summed E-state index contributed by atoms with van der Waals surface area (Å²) in [6.07, 6.45) is 3.70. The molecule has 1 N–H and O–H groups in total. The van der Waals surface area contributed by atoms with Crippen molar-refractivity contribution in [2.45, 2.75) is 44.9 Å². The molecule has 1 aliphatic carbocycles. The fourth-order valence-electron chi connectivity index (χ4n) is 3.92. The Bertz CT molecular complexity index is 474. The van der Waals surface area contributed by atoms with Crippen LogP contribution in [-0.4, -0.2) is 66.4 Å². The van der Waals surface area contributed by atoms with Gasteiger partial charge in [0.15, 0.2) is 0 Å². The van der Waals surface area contributed by atoms with Crippen molar-refractivity contribution in [3.8, 4) is 0 Å². The summed E-state index contributed by atoms with van der Waals surface area (Å²) >= 11 is 0. The van der Waals surface area contributed by atoms with Crippen LogP contribution in [0.2, 0.25) is 0 Å². The minimum atomic E-state index is -0.363. The van der Waals surface area contributed by atoms with Gasteiger partial charge in [0.1, 0.15) is 0 Å². The molecule has 4 heteroatoms. The van der Waals surface area contributed by atoms with Crippen LogP contribution in [0.15, 0.2) is 30.3 Å². The molecule has 1 heterocycles. The van der Waals surface area contributed by atoms with Crippen LogP contribution < -0.4 is 0 Å². The summed E-state index contributed by atoms with van der Waals surface area (Å²) in [6, 6.07) is 10.7. The van der Waals surface area contributed by atoms with Crippen molar-refractivity contribution < 1.29 is 9.84 Å². The Kier molecular flexibility index (Phi) is 6.67. The third-order valence-electron chi connectivity index (χ3n) is 5.47. The van der Waals surface area contributed by atoms with Crippen LogP contribution in [0.3, 0.4) is 0 Å². The van der Waals surface area contributed by atoms with Crippen LogP contribution >= 0.6 is 0 Å². The summed E-state index contributed by atoms with van der Waals surface area (Å²) < 4.78 is 5.93. The molecule has 4 nitrogen and oxygen atoms in total. The Labute approximate surface area is 146 Å².